The van der Waals surface area contributed by atoms with Crippen molar-refractivity contribution in [3.63, 3.8) is 0 Å². The maximum Gasteiger partial charge on any atom is 0.408 e. The largest absolute Gasteiger partial charge is 0.458 e. The highest BCUT2D eigenvalue weighted by atomic mass is 32.2. The zero-order chi connectivity index (χ0) is 42.7. The van der Waals surface area contributed by atoms with Crippen LogP contribution in [0.4, 0.5) is 9.18 Å². The van der Waals surface area contributed by atoms with Gasteiger partial charge >= 0.3 is 12.1 Å². The number of aliphatic hydroxyl groups excluding tert-OH is 1. The summed E-state index contributed by atoms with van der Waals surface area (Å²) in [7, 11) is 5.34. The number of amides is 1. The number of carbonyl (C=O) groups excluding carboxylic acids is 3. The van der Waals surface area contributed by atoms with Crippen LogP contribution in [0.25, 0.3) is 11.3 Å². The fourth-order valence-corrected chi connectivity index (χ4v) is 9.74. The summed E-state index contributed by atoms with van der Waals surface area (Å²) in [6, 6.07) is 7.00. The molecule has 1 aromatic carbocycles. The van der Waals surface area contributed by atoms with Crippen LogP contribution in [0.2, 0.25) is 0 Å². The van der Waals surface area contributed by atoms with Crippen LogP contribution in [0.5, 0.6) is 0 Å². The number of alkyl carbamates (subject to hydrolysis) is 1. The number of hydrogen-bond acceptors (Lipinski definition) is 13. The Morgan fingerprint density at radius 2 is 1.76 bits per heavy atom. The van der Waals surface area contributed by atoms with Gasteiger partial charge < -0.3 is 39.0 Å². The molecule has 2 N–H and O–H groups in total. The molecule has 15 heteroatoms. The number of cyclic esters (lactones) is 1. The number of nitrogens with zero attached hydrogens (tertiary/aromatic N) is 3. The van der Waals surface area contributed by atoms with Gasteiger partial charge in [0.1, 0.15) is 23.9 Å². The Hall–Kier alpha value is -3.47. The number of carbonyl (C=O) groups is 3. The molecule has 1 amide bonds. The first-order chi connectivity index (χ1) is 27.3. The van der Waals surface area contributed by atoms with Gasteiger partial charge in [0.2, 0.25) is 0 Å². The van der Waals surface area contributed by atoms with Crippen molar-refractivity contribution in [2.75, 3.05) is 27.0 Å². The van der Waals surface area contributed by atoms with E-state index in [2.05, 4.69) is 23.3 Å². The van der Waals surface area contributed by atoms with Crippen molar-refractivity contribution in [2.45, 2.75) is 134 Å². The zero-order valence-electron chi connectivity index (χ0n) is 35.6. The van der Waals surface area contributed by atoms with E-state index in [-0.39, 0.29) is 29.8 Å². The minimum Gasteiger partial charge on any atom is -0.458 e. The van der Waals surface area contributed by atoms with Gasteiger partial charge in [-0.25, -0.2) is 19.2 Å². The van der Waals surface area contributed by atoms with E-state index in [1.165, 1.54) is 30.8 Å². The molecule has 320 valence electrons. The molecule has 1 aromatic heterocycles. The summed E-state index contributed by atoms with van der Waals surface area (Å²) in [5.41, 5.74) is -0.0715. The molecule has 4 heterocycles. The van der Waals surface area contributed by atoms with Gasteiger partial charge in [0.05, 0.1) is 29.5 Å². The number of likely N-dealkylation sites (N-methyl/N-ethyl adjacent to an activating group) is 1. The molecule has 5 rings (SSSR count). The number of esters is 1. The number of Topliss-reactive ketones (excluding diaryl/α,β-unsaturated/α-hetero) is 1. The van der Waals surface area contributed by atoms with Crippen molar-refractivity contribution in [1.82, 2.24) is 20.2 Å². The number of ether oxygens (including phenoxy) is 5. The highest BCUT2D eigenvalue weighted by molar-refractivity contribution is 7.99. The Morgan fingerprint density at radius 3 is 2.40 bits per heavy atom. The highest BCUT2D eigenvalue weighted by Gasteiger charge is 2.56. The Bertz CT molecular complexity index is 1800. The summed E-state index contributed by atoms with van der Waals surface area (Å²) in [5.74, 6) is -3.74. The highest BCUT2D eigenvalue weighted by Crippen LogP contribution is 2.43. The molecule has 0 radical (unpaired) electrons. The summed E-state index contributed by atoms with van der Waals surface area (Å²) in [6.45, 7) is 14.7. The number of benzene rings is 1. The van der Waals surface area contributed by atoms with E-state index >= 15 is 0 Å². The molecule has 13 nitrogen and oxygen atoms in total. The minimum absolute atomic E-state index is 0.240. The van der Waals surface area contributed by atoms with Gasteiger partial charge in [0.15, 0.2) is 22.8 Å². The number of halogens is 1. The summed E-state index contributed by atoms with van der Waals surface area (Å²) in [4.78, 5) is 52.5. The van der Waals surface area contributed by atoms with E-state index < -0.39 is 71.5 Å². The lowest BCUT2D eigenvalue weighted by molar-refractivity contribution is -0.295. The second-order valence-corrected chi connectivity index (χ2v) is 17.7. The SMILES string of the molecule is CC[C@H]1OC(=O)[C@H](C)C(=O)[C@H](C)[C@@H](OC2O[C@H](C)C[C@H](N(C)C)[C@H]2O)[C@](C)(OC)C[C@@H](C)/C(=C\CSc2nccc(-c3ccc(F)cc3)n2)[C@H](C)[C@@H]2NC(=O)O[C@]12C. The van der Waals surface area contributed by atoms with Crippen molar-refractivity contribution >= 4 is 29.6 Å². The fraction of sp³-hybridized carbons (Fsp3) is 0.651. The molecular formula is C43H61FN4O9S. The number of fused-ring (bicyclic) bond motifs is 1. The monoisotopic (exact) mass is 828 g/mol. The minimum atomic E-state index is -1.28. The number of hydrogen-bond donors (Lipinski definition) is 2. The van der Waals surface area contributed by atoms with Gasteiger partial charge in [0, 0.05) is 42.5 Å². The standard InChI is InChI=1S/C43H61FN4O9S/c1-12-33-43(8)36(47-41(52)57-43)25(4)30(18-20-58-40-45-19-17-31(46-40)28-13-15-29(44)16-14-28)23(2)22-42(7,53-11)37(26(5)34(49)27(6)38(51)55-33)56-39-35(50)32(48(9)10)21-24(3)54-39/h13-19,23-27,32-33,35-37,39,50H,12,20-22H2,1-11H3,(H,47,52)/b30-18+/t23-,24-,25+,26+,27-,32+,33-,35-,36+,37-,39?,42-,43-/m1/s1. The molecule has 13 atom stereocenters. The number of nitrogens with one attached hydrogen (secondary N) is 1. The predicted molar refractivity (Wildman–Crippen MR) is 217 cm³/mol. The molecule has 3 fully saturated rings. The van der Waals surface area contributed by atoms with Crippen molar-refractivity contribution < 1.29 is 47.6 Å². The van der Waals surface area contributed by atoms with E-state index in [9.17, 15) is 23.9 Å². The van der Waals surface area contributed by atoms with Gasteiger partial charge in [-0.15, -0.1) is 0 Å². The van der Waals surface area contributed by atoms with Gasteiger partial charge in [-0.3, -0.25) is 9.59 Å². The van der Waals surface area contributed by atoms with Crippen LogP contribution >= 0.6 is 11.8 Å². The lowest BCUT2D eigenvalue weighted by Crippen LogP contribution is -2.59. The van der Waals surface area contributed by atoms with E-state index in [4.69, 9.17) is 28.7 Å². The summed E-state index contributed by atoms with van der Waals surface area (Å²) in [6.07, 6.45) is 0.149. The molecule has 3 aliphatic heterocycles. The van der Waals surface area contributed by atoms with Crippen molar-refractivity contribution in [2.24, 2.45) is 23.7 Å². The van der Waals surface area contributed by atoms with Gasteiger partial charge in [-0.05, 0) is 97.3 Å². The molecule has 2 aromatic rings. The Balaban J connectivity index is 1.57. The second-order valence-electron chi connectivity index (χ2n) is 16.7. The van der Waals surface area contributed by atoms with Crippen LogP contribution in [-0.2, 0) is 33.3 Å². The van der Waals surface area contributed by atoms with Crippen LogP contribution in [0, 0.1) is 29.5 Å². The maximum absolute atomic E-state index is 14.4. The molecule has 3 aliphatic rings. The van der Waals surface area contributed by atoms with Crippen LogP contribution < -0.4 is 5.32 Å². The van der Waals surface area contributed by atoms with Crippen LogP contribution in [-0.4, -0.2) is 119 Å². The third kappa shape index (κ3) is 9.76. The quantitative estimate of drug-likeness (QED) is 0.0966. The molecule has 0 spiro atoms. The van der Waals surface area contributed by atoms with E-state index in [0.29, 0.717) is 35.9 Å². The predicted octanol–water partition coefficient (Wildman–Crippen LogP) is 6.22. The third-order valence-corrected chi connectivity index (χ3v) is 13.2. The molecular weight excluding hydrogens is 768 g/mol. The lowest BCUT2D eigenvalue weighted by atomic mass is 9.72. The fourth-order valence-electron chi connectivity index (χ4n) is 9.02. The number of rotatable bonds is 9. The van der Waals surface area contributed by atoms with Gasteiger partial charge in [0.25, 0.3) is 0 Å². The van der Waals surface area contributed by atoms with Crippen molar-refractivity contribution in [1.29, 1.82) is 0 Å². The van der Waals surface area contributed by atoms with Crippen LogP contribution in [0.1, 0.15) is 74.7 Å². The lowest BCUT2D eigenvalue weighted by Gasteiger charge is -2.47. The topological polar surface area (TPSA) is 159 Å². The second kappa shape index (κ2) is 18.8. The Labute approximate surface area is 346 Å². The van der Waals surface area contributed by atoms with Gasteiger partial charge in [-0.1, -0.05) is 51.1 Å². The maximum atomic E-state index is 14.4. The summed E-state index contributed by atoms with van der Waals surface area (Å²) in [5, 5.41) is 15.1. The third-order valence-electron chi connectivity index (χ3n) is 12.4. The zero-order valence-corrected chi connectivity index (χ0v) is 36.4. The van der Waals surface area contributed by atoms with Crippen molar-refractivity contribution in [3.8, 4) is 11.3 Å². The molecule has 58 heavy (non-hydrogen) atoms. The number of thioether (sulfide) groups is 1. The van der Waals surface area contributed by atoms with Crippen molar-refractivity contribution in [3.05, 3.63) is 54.0 Å². The molecule has 0 bridgehead atoms. The Kier molecular flexibility index (Phi) is 14.8. The van der Waals surface area contributed by atoms with E-state index in [1.54, 1.807) is 45.4 Å². The normalized spacial score (nSPS) is 37.2. The molecule has 0 aliphatic carbocycles. The first-order valence-corrected chi connectivity index (χ1v) is 21.2. The molecule has 3 saturated heterocycles. The number of ketones is 1. The number of aromatic nitrogens is 2. The first-order valence-electron chi connectivity index (χ1n) is 20.2. The molecule has 1 unspecified atom stereocenters. The molecule has 0 saturated carbocycles. The average Bonchev–Trinajstić information content (AvgIpc) is 3.51. The number of aliphatic hydroxyl groups is 1. The van der Waals surface area contributed by atoms with E-state index in [1.807, 2.05) is 46.7 Å². The first kappa shape index (κ1) is 45.6. The van der Waals surface area contributed by atoms with Crippen LogP contribution in [0.15, 0.2) is 53.3 Å². The summed E-state index contributed by atoms with van der Waals surface area (Å²) >= 11 is 1.42. The average molecular weight is 829 g/mol. The van der Waals surface area contributed by atoms with Crippen LogP contribution in [0.3, 0.4) is 0 Å². The number of methoxy groups -OCH3 is 1. The summed E-state index contributed by atoms with van der Waals surface area (Å²) < 4.78 is 45.0. The smallest absolute Gasteiger partial charge is 0.408 e. The Morgan fingerprint density at radius 1 is 1.07 bits per heavy atom. The van der Waals surface area contributed by atoms with Gasteiger partial charge in [-0.2, -0.15) is 0 Å². The van der Waals surface area contributed by atoms with E-state index in [0.717, 1.165) is 11.1 Å².